The van der Waals surface area contributed by atoms with Gasteiger partial charge in [-0.15, -0.1) is 0 Å². The minimum absolute atomic E-state index is 0.167. The molecule has 0 fully saturated rings. The highest BCUT2D eigenvalue weighted by Crippen LogP contribution is 2.39. The summed E-state index contributed by atoms with van der Waals surface area (Å²) in [5.74, 6) is 0.0468. The number of nitrogens with one attached hydrogen (secondary N) is 2. The molecule has 2 aromatic heterocycles. The number of anilines is 1. The summed E-state index contributed by atoms with van der Waals surface area (Å²) in [7, 11) is 3.22. The van der Waals surface area contributed by atoms with Crippen molar-refractivity contribution >= 4 is 52.2 Å². The quantitative estimate of drug-likeness (QED) is 0.509. The summed E-state index contributed by atoms with van der Waals surface area (Å²) in [6.45, 7) is 1.59. The third kappa shape index (κ3) is 5.54. The fourth-order valence-electron chi connectivity index (χ4n) is 2.66. The van der Waals surface area contributed by atoms with Crippen LogP contribution in [0.2, 0.25) is 10.0 Å². The average molecular weight is 522 g/mol. The number of hydrogen-bond acceptors (Lipinski definition) is 6. The molecule has 0 saturated carbocycles. The Bertz CT molecular complexity index is 1200. The van der Waals surface area contributed by atoms with E-state index in [1.165, 1.54) is 22.1 Å². The number of alkyl halides is 3. The van der Waals surface area contributed by atoms with Gasteiger partial charge in [-0.25, -0.2) is 14.8 Å². The molecule has 15 heteroatoms. The van der Waals surface area contributed by atoms with Gasteiger partial charge in [0.2, 0.25) is 5.13 Å². The molecule has 2 N–H and O–H groups in total. The first-order valence-corrected chi connectivity index (χ1v) is 10.7. The number of benzene rings is 1. The summed E-state index contributed by atoms with van der Waals surface area (Å²) in [4.78, 5) is 34.6. The van der Waals surface area contributed by atoms with Crippen LogP contribution < -0.4 is 10.6 Å². The lowest BCUT2D eigenvalue weighted by molar-refractivity contribution is -0.137. The van der Waals surface area contributed by atoms with Gasteiger partial charge >= 0.3 is 12.2 Å². The number of amides is 3. The molecule has 9 nitrogen and oxygen atoms in total. The number of rotatable bonds is 5. The molecule has 33 heavy (non-hydrogen) atoms. The zero-order valence-electron chi connectivity index (χ0n) is 17.2. The van der Waals surface area contributed by atoms with Crippen LogP contribution in [-0.4, -0.2) is 50.7 Å². The number of carbonyl (C=O) groups is 2. The Kier molecular flexibility index (Phi) is 7.14. The Labute approximate surface area is 199 Å². The third-order valence-corrected chi connectivity index (χ3v) is 5.80. The lowest BCUT2D eigenvalue weighted by Gasteiger charge is -2.16. The van der Waals surface area contributed by atoms with Gasteiger partial charge in [-0.1, -0.05) is 34.5 Å². The molecule has 3 aromatic rings. The number of halogens is 5. The Morgan fingerprint density at radius 2 is 1.88 bits per heavy atom. The van der Waals surface area contributed by atoms with Gasteiger partial charge in [-0.05, 0) is 19.1 Å². The first-order valence-electron chi connectivity index (χ1n) is 9.10. The van der Waals surface area contributed by atoms with E-state index in [9.17, 15) is 22.8 Å². The van der Waals surface area contributed by atoms with Crippen LogP contribution >= 0.6 is 34.5 Å². The predicted octanol–water partition coefficient (Wildman–Crippen LogP) is 4.63. The number of urea groups is 1. The molecule has 2 heterocycles. The fraction of sp³-hybridized carbons (Fsp3) is 0.278. The fourth-order valence-corrected chi connectivity index (χ4v) is 4.10. The van der Waals surface area contributed by atoms with E-state index >= 15 is 0 Å². The molecule has 176 valence electrons. The lowest BCUT2D eigenvalue weighted by Crippen LogP contribution is -2.32. The van der Waals surface area contributed by atoms with Crippen molar-refractivity contribution in [1.29, 1.82) is 0 Å². The second-order valence-corrected chi connectivity index (χ2v) is 8.69. The minimum Gasteiger partial charge on any atom is -0.344 e. The molecule has 0 aliphatic rings. The molecular formula is C18H16Cl2F3N7O2S. The molecule has 0 aliphatic carbocycles. The molecule has 0 radical (unpaired) electrons. The zero-order valence-corrected chi connectivity index (χ0v) is 19.6. The van der Waals surface area contributed by atoms with Gasteiger partial charge in [0.25, 0.3) is 5.91 Å². The van der Waals surface area contributed by atoms with E-state index < -0.39 is 28.8 Å². The molecule has 0 spiro atoms. The van der Waals surface area contributed by atoms with Crippen LogP contribution in [0.3, 0.4) is 0 Å². The van der Waals surface area contributed by atoms with Gasteiger partial charge in [-0.3, -0.25) is 4.79 Å². The summed E-state index contributed by atoms with van der Waals surface area (Å²) in [6.07, 6.45) is -2.08. The smallest absolute Gasteiger partial charge is 0.344 e. The van der Waals surface area contributed by atoms with Crippen molar-refractivity contribution in [3.63, 3.8) is 0 Å². The molecule has 1 atom stereocenters. The van der Waals surface area contributed by atoms with Crippen LogP contribution in [-0.2, 0) is 6.18 Å². The van der Waals surface area contributed by atoms with Crippen molar-refractivity contribution in [3.05, 3.63) is 51.0 Å². The highest BCUT2D eigenvalue weighted by atomic mass is 35.5. The van der Waals surface area contributed by atoms with E-state index in [2.05, 4.69) is 25.7 Å². The van der Waals surface area contributed by atoms with E-state index in [0.717, 1.165) is 17.4 Å². The van der Waals surface area contributed by atoms with E-state index in [0.29, 0.717) is 16.1 Å². The molecule has 3 amide bonds. The van der Waals surface area contributed by atoms with Gasteiger partial charge in [-0.2, -0.15) is 23.0 Å². The first-order chi connectivity index (χ1) is 15.4. The summed E-state index contributed by atoms with van der Waals surface area (Å²) >= 11 is 12.6. The van der Waals surface area contributed by atoms with Crippen LogP contribution in [0.25, 0.3) is 5.13 Å². The van der Waals surface area contributed by atoms with Crippen molar-refractivity contribution in [3.8, 4) is 5.13 Å². The van der Waals surface area contributed by atoms with Crippen molar-refractivity contribution in [2.75, 3.05) is 19.4 Å². The predicted molar refractivity (Wildman–Crippen MR) is 117 cm³/mol. The van der Waals surface area contributed by atoms with Crippen LogP contribution in [0.4, 0.5) is 23.7 Å². The summed E-state index contributed by atoms with van der Waals surface area (Å²) < 4.78 is 40.6. The molecule has 0 unspecified atom stereocenters. The Morgan fingerprint density at radius 3 is 2.52 bits per heavy atom. The minimum atomic E-state index is -4.72. The monoisotopic (exact) mass is 521 g/mol. The van der Waals surface area contributed by atoms with Crippen LogP contribution in [0, 0.1) is 0 Å². The Balaban J connectivity index is 1.76. The normalized spacial score (nSPS) is 12.4. The molecule has 0 saturated heterocycles. The molecule has 0 aliphatic heterocycles. The van der Waals surface area contributed by atoms with Crippen LogP contribution in [0.1, 0.15) is 34.0 Å². The van der Waals surface area contributed by atoms with E-state index in [4.69, 9.17) is 23.2 Å². The van der Waals surface area contributed by atoms with Gasteiger partial charge in [0.1, 0.15) is 11.2 Å². The Morgan fingerprint density at radius 1 is 1.18 bits per heavy atom. The van der Waals surface area contributed by atoms with Gasteiger partial charge in [0, 0.05) is 14.1 Å². The average Bonchev–Trinajstić information content (AvgIpc) is 3.37. The van der Waals surface area contributed by atoms with Crippen molar-refractivity contribution in [2.45, 2.75) is 19.1 Å². The number of hydrogen-bond donors (Lipinski definition) is 2. The second-order valence-electron chi connectivity index (χ2n) is 6.87. The summed E-state index contributed by atoms with van der Waals surface area (Å²) in [6, 6.07) is -0.0259. The van der Waals surface area contributed by atoms with Crippen molar-refractivity contribution < 1.29 is 22.8 Å². The third-order valence-electron chi connectivity index (χ3n) is 4.21. The largest absolute Gasteiger partial charge is 0.417 e. The highest BCUT2D eigenvalue weighted by Gasteiger charge is 2.34. The summed E-state index contributed by atoms with van der Waals surface area (Å²) in [5.41, 5.74) is -1.41. The molecular weight excluding hydrogens is 506 g/mol. The Hall–Kier alpha value is -2.90. The van der Waals surface area contributed by atoms with E-state index in [1.807, 2.05) is 0 Å². The number of thiazole rings is 1. The van der Waals surface area contributed by atoms with E-state index in [1.54, 1.807) is 21.0 Å². The van der Waals surface area contributed by atoms with Gasteiger partial charge in [0.05, 0.1) is 33.5 Å². The zero-order chi connectivity index (χ0) is 24.5. The SMILES string of the molecule is C[C@H](NC(=O)Nc1cc(C(F)(F)F)c(Cl)cc1Cl)c1ncnn1-c1ncc(C(=O)N(C)C)s1. The van der Waals surface area contributed by atoms with E-state index in [-0.39, 0.29) is 22.4 Å². The van der Waals surface area contributed by atoms with Crippen LogP contribution in [0.15, 0.2) is 24.7 Å². The lowest BCUT2D eigenvalue weighted by atomic mass is 10.2. The first kappa shape index (κ1) is 24.7. The topological polar surface area (TPSA) is 105 Å². The second kappa shape index (κ2) is 9.53. The number of nitrogens with zero attached hydrogens (tertiary/aromatic N) is 5. The number of carbonyl (C=O) groups excluding carboxylic acids is 2. The number of aromatic nitrogens is 4. The standard InChI is InChI=1S/C18H16Cl2F3N7O2S/c1-8(14-25-7-26-30(14)17-24-6-13(33-17)15(31)29(2)3)27-16(32)28-12-4-9(18(21,22)23)10(19)5-11(12)20/h4-8H,1-3H3,(H2,27,28,32)/t8-/m0/s1. The highest BCUT2D eigenvalue weighted by molar-refractivity contribution is 7.16. The maximum Gasteiger partial charge on any atom is 0.417 e. The maximum absolute atomic E-state index is 13.1. The molecule has 3 rings (SSSR count). The molecule has 0 bridgehead atoms. The van der Waals surface area contributed by atoms with Crippen molar-refractivity contribution in [2.24, 2.45) is 0 Å². The molecule has 1 aromatic carbocycles. The van der Waals surface area contributed by atoms with Gasteiger partial charge in [0.15, 0.2) is 5.82 Å². The van der Waals surface area contributed by atoms with Crippen molar-refractivity contribution in [1.82, 2.24) is 30.0 Å². The van der Waals surface area contributed by atoms with Gasteiger partial charge < -0.3 is 15.5 Å². The maximum atomic E-state index is 13.1. The van der Waals surface area contributed by atoms with Crippen LogP contribution in [0.5, 0.6) is 0 Å². The summed E-state index contributed by atoms with van der Waals surface area (Å²) in [5, 5.41) is 8.48.